The van der Waals surface area contributed by atoms with Crippen LogP contribution < -0.4 is 10.1 Å². The Kier molecular flexibility index (Phi) is 5.81. The molecule has 0 aliphatic carbocycles. The third kappa shape index (κ3) is 4.68. The van der Waals surface area contributed by atoms with E-state index in [0.717, 1.165) is 28.1 Å². The molecule has 3 rings (SSSR count). The standard InChI is InChI=1S/C20H22N4O2S/c1-12-5-6-13(2)17(11-12)21-19(25)14(3)27-20-22-18(23-24-20)15-7-9-16(26-4)10-8-15/h5-11,14H,1-4H3,(H,21,25)(H,22,23,24). The number of hydrogen-bond acceptors (Lipinski definition) is 5. The third-order valence-corrected chi connectivity index (χ3v) is 5.09. The van der Waals surface area contributed by atoms with E-state index in [2.05, 4.69) is 20.5 Å². The molecule has 1 amide bonds. The fourth-order valence-electron chi connectivity index (χ4n) is 2.49. The number of nitrogens with zero attached hydrogens (tertiary/aromatic N) is 2. The predicted octanol–water partition coefficient (Wildman–Crippen LogP) is 4.22. The number of benzene rings is 2. The number of thioether (sulfide) groups is 1. The lowest BCUT2D eigenvalue weighted by Crippen LogP contribution is -2.23. The van der Waals surface area contributed by atoms with Gasteiger partial charge < -0.3 is 10.1 Å². The number of ether oxygens (including phenoxy) is 1. The fraction of sp³-hybridized carbons (Fsp3) is 0.250. The second-order valence-electron chi connectivity index (χ2n) is 6.26. The second kappa shape index (κ2) is 8.26. The maximum atomic E-state index is 12.5. The van der Waals surface area contributed by atoms with Gasteiger partial charge in [0.2, 0.25) is 11.1 Å². The zero-order valence-corrected chi connectivity index (χ0v) is 16.6. The molecule has 0 spiro atoms. The van der Waals surface area contributed by atoms with Crippen LogP contribution in [-0.2, 0) is 4.79 Å². The first kappa shape index (κ1) is 19.0. The molecule has 7 heteroatoms. The molecule has 1 unspecified atom stereocenters. The maximum Gasteiger partial charge on any atom is 0.237 e. The van der Waals surface area contributed by atoms with Crippen LogP contribution in [0.1, 0.15) is 18.1 Å². The summed E-state index contributed by atoms with van der Waals surface area (Å²) >= 11 is 1.31. The molecule has 140 valence electrons. The molecule has 6 nitrogen and oxygen atoms in total. The number of carbonyl (C=O) groups is 1. The maximum absolute atomic E-state index is 12.5. The minimum Gasteiger partial charge on any atom is -0.497 e. The highest BCUT2D eigenvalue weighted by molar-refractivity contribution is 8.00. The highest BCUT2D eigenvalue weighted by Gasteiger charge is 2.18. The van der Waals surface area contributed by atoms with E-state index < -0.39 is 0 Å². The van der Waals surface area contributed by atoms with Crippen LogP contribution in [0, 0.1) is 13.8 Å². The van der Waals surface area contributed by atoms with Gasteiger partial charge in [0.25, 0.3) is 0 Å². The van der Waals surface area contributed by atoms with Crippen molar-refractivity contribution in [3.05, 3.63) is 53.6 Å². The lowest BCUT2D eigenvalue weighted by molar-refractivity contribution is -0.115. The van der Waals surface area contributed by atoms with E-state index >= 15 is 0 Å². The first-order valence-corrected chi connectivity index (χ1v) is 9.46. The van der Waals surface area contributed by atoms with E-state index in [1.807, 2.05) is 63.2 Å². The Labute approximate surface area is 162 Å². The van der Waals surface area contributed by atoms with Crippen LogP contribution in [-0.4, -0.2) is 33.4 Å². The van der Waals surface area contributed by atoms with Crippen molar-refractivity contribution in [2.75, 3.05) is 12.4 Å². The van der Waals surface area contributed by atoms with Crippen LogP contribution >= 0.6 is 11.8 Å². The molecule has 3 aromatic rings. The minimum absolute atomic E-state index is 0.0792. The van der Waals surface area contributed by atoms with E-state index in [4.69, 9.17) is 4.74 Å². The van der Waals surface area contributed by atoms with Crippen LogP contribution in [0.25, 0.3) is 11.4 Å². The molecule has 1 heterocycles. The SMILES string of the molecule is COc1ccc(-c2nc(SC(C)C(=O)Nc3cc(C)ccc3C)n[nH]2)cc1. The van der Waals surface area contributed by atoms with Gasteiger partial charge in [-0.3, -0.25) is 9.89 Å². The van der Waals surface area contributed by atoms with Gasteiger partial charge in [0, 0.05) is 11.3 Å². The van der Waals surface area contributed by atoms with Gasteiger partial charge in [-0.2, -0.15) is 0 Å². The normalized spacial score (nSPS) is 11.9. The molecule has 0 radical (unpaired) electrons. The summed E-state index contributed by atoms with van der Waals surface area (Å²) in [5.41, 5.74) is 3.88. The van der Waals surface area contributed by atoms with Crippen molar-refractivity contribution in [2.24, 2.45) is 0 Å². The summed E-state index contributed by atoms with van der Waals surface area (Å²) in [7, 11) is 1.63. The summed E-state index contributed by atoms with van der Waals surface area (Å²) in [5, 5.41) is 10.3. The van der Waals surface area contributed by atoms with E-state index in [9.17, 15) is 4.79 Å². The molecule has 0 saturated heterocycles. The van der Waals surface area contributed by atoms with Gasteiger partial charge in [-0.1, -0.05) is 23.9 Å². The van der Waals surface area contributed by atoms with Crippen LogP contribution in [0.5, 0.6) is 5.75 Å². The highest BCUT2D eigenvalue weighted by Crippen LogP contribution is 2.25. The van der Waals surface area contributed by atoms with Crippen LogP contribution in [0.2, 0.25) is 0 Å². The fourth-order valence-corrected chi connectivity index (χ4v) is 3.22. The zero-order chi connectivity index (χ0) is 19.4. The largest absolute Gasteiger partial charge is 0.497 e. The number of aryl methyl sites for hydroxylation is 2. The smallest absolute Gasteiger partial charge is 0.237 e. The lowest BCUT2D eigenvalue weighted by atomic mass is 10.1. The van der Waals surface area contributed by atoms with Gasteiger partial charge in [0.15, 0.2) is 5.82 Å². The van der Waals surface area contributed by atoms with Crippen molar-refractivity contribution in [3.8, 4) is 17.1 Å². The highest BCUT2D eigenvalue weighted by atomic mass is 32.2. The molecule has 2 N–H and O–H groups in total. The Hall–Kier alpha value is -2.80. The number of hydrogen-bond donors (Lipinski definition) is 2. The monoisotopic (exact) mass is 382 g/mol. The Morgan fingerprint density at radius 2 is 1.93 bits per heavy atom. The van der Waals surface area contributed by atoms with Crippen molar-refractivity contribution < 1.29 is 9.53 Å². The molecule has 1 aromatic heterocycles. The number of H-pyrrole nitrogens is 1. The molecule has 2 aromatic carbocycles. The van der Waals surface area contributed by atoms with Gasteiger partial charge in [0.05, 0.1) is 12.4 Å². The Morgan fingerprint density at radius 3 is 2.63 bits per heavy atom. The van der Waals surface area contributed by atoms with E-state index in [-0.39, 0.29) is 11.2 Å². The van der Waals surface area contributed by atoms with Crippen molar-refractivity contribution in [1.82, 2.24) is 15.2 Å². The Morgan fingerprint density at radius 1 is 1.19 bits per heavy atom. The van der Waals surface area contributed by atoms with Crippen molar-refractivity contribution >= 4 is 23.4 Å². The average Bonchev–Trinajstić information content (AvgIpc) is 3.13. The Bertz CT molecular complexity index is 937. The summed E-state index contributed by atoms with van der Waals surface area (Å²) in [6, 6.07) is 13.5. The number of anilines is 1. The summed E-state index contributed by atoms with van der Waals surface area (Å²) in [5.74, 6) is 1.36. The summed E-state index contributed by atoms with van der Waals surface area (Å²) < 4.78 is 5.16. The molecular formula is C20H22N4O2S. The average molecular weight is 382 g/mol. The van der Waals surface area contributed by atoms with Crippen LogP contribution in [0.15, 0.2) is 47.6 Å². The first-order valence-electron chi connectivity index (χ1n) is 8.58. The molecule has 27 heavy (non-hydrogen) atoms. The molecule has 0 fully saturated rings. The van der Waals surface area contributed by atoms with Crippen LogP contribution in [0.3, 0.4) is 0 Å². The van der Waals surface area contributed by atoms with Crippen molar-refractivity contribution in [2.45, 2.75) is 31.2 Å². The minimum atomic E-state index is -0.329. The molecular weight excluding hydrogens is 360 g/mol. The molecule has 1 atom stereocenters. The topological polar surface area (TPSA) is 79.9 Å². The number of aromatic nitrogens is 3. The number of rotatable bonds is 6. The quantitative estimate of drug-likeness (QED) is 0.624. The van der Waals surface area contributed by atoms with Gasteiger partial charge in [-0.05, 0) is 62.2 Å². The van der Waals surface area contributed by atoms with E-state index in [1.54, 1.807) is 7.11 Å². The van der Waals surface area contributed by atoms with Gasteiger partial charge in [0.1, 0.15) is 5.75 Å². The number of methoxy groups -OCH3 is 1. The second-order valence-corrected chi connectivity index (χ2v) is 7.57. The van der Waals surface area contributed by atoms with Gasteiger partial charge in [-0.25, -0.2) is 4.98 Å². The molecule has 0 bridgehead atoms. The summed E-state index contributed by atoms with van der Waals surface area (Å²) in [6.07, 6.45) is 0. The zero-order valence-electron chi connectivity index (χ0n) is 15.7. The van der Waals surface area contributed by atoms with E-state index in [0.29, 0.717) is 11.0 Å². The summed E-state index contributed by atoms with van der Waals surface area (Å²) in [4.78, 5) is 17.0. The number of amides is 1. The number of carbonyl (C=O) groups excluding carboxylic acids is 1. The van der Waals surface area contributed by atoms with Crippen molar-refractivity contribution in [1.29, 1.82) is 0 Å². The molecule has 0 aliphatic rings. The Balaban J connectivity index is 1.65. The number of aromatic amines is 1. The number of nitrogens with one attached hydrogen (secondary N) is 2. The van der Waals surface area contributed by atoms with Gasteiger partial charge >= 0.3 is 0 Å². The van der Waals surface area contributed by atoms with Crippen LogP contribution in [0.4, 0.5) is 5.69 Å². The first-order chi connectivity index (χ1) is 13.0. The predicted molar refractivity (Wildman–Crippen MR) is 108 cm³/mol. The third-order valence-electron chi connectivity index (χ3n) is 4.13. The lowest BCUT2D eigenvalue weighted by Gasteiger charge is -2.12. The summed E-state index contributed by atoms with van der Waals surface area (Å²) in [6.45, 7) is 5.82. The van der Waals surface area contributed by atoms with Gasteiger partial charge in [-0.15, -0.1) is 5.10 Å². The molecule has 0 saturated carbocycles. The van der Waals surface area contributed by atoms with Crippen molar-refractivity contribution in [3.63, 3.8) is 0 Å². The molecule has 0 aliphatic heterocycles. The van der Waals surface area contributed by atoms with E-state index in [1.165, 1.54) is 11.8 Å².